The summed E-state index contributed by atoms with van der Waals surface area (Å²) in [6, 6.07) is 8.97. The van der Waals surface area contributed by atoms with Crippen LogP contribution in [0.4, 0.5) is 5.69 Å². The topological polar surface area (TPSA) is 12.0 Å². The summed E-state index contributed by atoms with van der Waals surface area (Å²) in [6.45, 7) is 3.27. The van der Waals surface area contributed by atoms with Gasteiger partial charge in [-0.25, -0.2) is 0 Å². The highest BCUT2D eigenvalue weighted by molar-refractivity contribution is 7.10. The third-order valence-corrected chi connectivity index (χ3v) is 3.84. The average Bonchev–Trinajstić information content (AvgIpc) is 2.84. The van der Waals surface area contributed by atoms with Crippen molar-refractivity contribution in [3.8, 4) is 11.1 Å². The Morgan fingerprint density at radius 3 is 3.00 bits per heavy atom. The first-order chi connectivity index (χ1) is 7.34. The van der Waals surface area contributed by atoms with E-state index in [-0.39, 0.29) is 0 Å². The fourth-order valence-electron chi connectivity index (χ4n) is 2.14. The third-order valence-electron chi connectivity index (χ3n) is 2.99. The molecule has 0 radical (unpaired) electrons. The monoisotopic (exact) mass is 215 g/mol. The quantitative estimate of drug-likeness (QED) is 0.765. The number of hydrogen-bond donors (Lipinski definition) is 1. The predicted octanol–water partition coefficient (Wildman–Crippen LogP) is 3.69. The van der Waals surface area contributed by atoms with Gasteiger partial charge in [0, 0.05) is 17.1 Å². The van der Waals surface area contributed by atoms with Crippen molar-refractivity contribution in [2.45, 2.75) is 13.3 Å². The molecule has 1 aliphatic heterocycles. The molecule has 2 heteroatoms. The zero-order valence-electron chi connectivity index (χ0n) is 8.71. The molecule has 1 N–H and O–H groups in total. The second kappa shape index (κ2) is 3.38. The lowest BCUT2D eigenvalue weighted by atomic mass is 10.0. The van der Waals surface area contributed by atoms with Crippen molar-refractivity contribution in [2.75, 3.05) is 11.9 Å². The van der Waals surface area contributed by atoms with Gasteiger partial charge in [-0.15, -0.1) is 11.3 Å². The van der Waals surface area contributed by atoms with E-state index in [1.807, 2.05) is 11.3 Å². The lowest BCUT2D eigenvalue weighted by molar-refractivity contribution is 1.11. The van der Waals surface area contributed by atoms with Gasteiger partial charge in [0.05, 0.1) is 0 Å². The van der Waals surface area contributed by atoms with Gasteiger partial charge in [0.2, 0.25) is 0 Å². The number of benzene rings is 1. The Labute approximate surface area is 93.8 Å². The maximum atomic E-state index is 3.43. The van der Waals surface area contributed by atoms with E-state index in [9.17, 15) is 0 Å². The van der Waals surface area contributed by atoms with E-state index < -0.39 is 0 Å². The van der Waals surface area contributed by atoms with Crippen LogP contribution in [0, 0.1) is 6.92 Å². The molecule has 0 amide bonds. The summed E-state index contributed by atoms with van der Waals surface area (Å²) in [5, 5.41) is 5.58. The Hall–Kier alpha value is -1.28. The highest BCUT2D eigenvalue weighted by atomic mass is 32.1. The standard InChI is InChI=1S/C13H13NS/c1-9-12(5-7-15-9)11-3-2-10-4-6-14-13(10)8-11/h2-3,5,7-8,14H,4,6H2,1H3. The van der Waals surface area contributed by atoms with E-state index >= 15 is 0 Å². The molecule has 3 rings (SSSR count). The minimum atomic E-state index is 1.08. The Balaban J connectivity index is 2.11. The van der Waals surface area contributed by atoms with Gasteiger partial charge in [-0.2, -0.15) is 0 Å². The molecule has 1 aromatic heterocycles. The van der Waals surface area contributed by atoms with Crippen molar-refractivity contribution in [2.24, 2.45) is 0 Å². The average molecular weight is 215 g/mol. The first-order valence-electron chi connectivity index (χ1n) is 5.26. The van der Waals surface area contributed by atoms with Crippen molar-refractivity contribution in [3.63, 3.8) is 0 Å². The van der Waals surface area contributed by atoms with E-state index in [2.05, 4.69) is 41.9 Å². The van der Waals surface area contributed by atoms with E-state index in [1.165, 1.54) is 27.3 Å². The largest absolute Gasteiger partial charge is 0.384 e. The van der Waals surface area contributed by atoms with Crippen molar-refractivity contribution in [1.29, 1.82) is 0 Å². The summed E-state index contributed by atoms with van der Waals surface area (Å²) in [6.07, 6.45) is 1.16. The first kappa shape index (κ1) is 8.98. The molecule has 1 aromatic carbocycles. The van der Waals surface area contributed by atoms with Crippen molar-refractivity contribution < 1.29 is 0 Å². The highest BCUT2D eigenvalue weighted by Gasteiger charge is 2.11. The molecule has 0 unspecified atom stereocenters. The summed E-state index contributed by atoms with van der Waals surface area (Å²) in [5.41, 5.74) is 5.48. The molecule has 1 aliphatic rings. The third kappa shape index (κ3) is 1.45. The molecule has 2 aromatic rings. The van der Waals surface area contributed by atoms with Crippen LogP contribution in [0.25, 0.3) is 11.1 Å². The number of hydrogen-bond acceptors (Lipinski definition) is 2. The Kier molecular flexibility index (Phi) is 2.03. The highest BCUT2D eigenvalue weighted by Crippen LogP contribution is 2.32. The molecule has 0 fully saturated rings. The van der Waals surface area contributed by atoms with Crippen LogP contribution in [0.2, 0.25) is 0 Å². The number of thiophene rings is 1. The summed E-state index contributed by atoms with van der Waals surface area (Å²) >= 11 is 1.81. The maximum absolute atomic E-state index is 3.43. The minimum absolute atomic E-state index is 1.08. The predicted molar refractivity (Wildman–Crippen MR) is 66.7 cm³/mol. The van der Waals surface area contributed by atoms with Crippen LogP contribution in [0.3, 0.4) is 0 Å². The molecule has 2 heterocycles. The van der Waals surface area contributed by atoms with E-state index in [1.54, 1.807) is 0 Å². The van der Waals surface area contributed by atoms with Gasteiger partial charge < -0.3 is 5.32 Å². The van der Waals surface area contributed by atoms with Crippen LogP contribution < -0.4 is 5.32 Å². The molecule has 0 bridgehead atoms. The molecule has 0 saturated heterocycles. The summed E-state index contributed by atoms with van der Waals surface area (Å²) in [5.74, 6) is 0. The molecular formula is C13H13NS. The van der Waals surface area contributed by atoms with Gasteiger partial charge in [0.25, 0.3) is 0 Å². The normalized spacial score (nSPS) is 13.7. The number of nitrogens with one attached hydrogen (secondary N) is 1. The van der Waals surface area contributed by atoms with E-state index in [0.717, 1.165) is 13.0 Å². The second-order valence-electron chi connectivity index (χ2n) is 3.94. The molecule has 0 spiro atoms. The van der Waals surface area contributed by atoms with Gasteiger partial charge in [-0.3, -0.25) is 0 Å². The zero-order chi connectivity index (χ0) is 10.3. The van der Waals surface area contributed by atoms with Crippen molar-refractivity contribution in [1.82, 2.24) is 0 Å². The number of rotatable bonds is 1. The number of aryl methyl sites for hydroxylation is 1. The molecule has 0 saturated carbocycles. The first-order valence-corrected chi connectivity index (χ1v) is 6.14. The molecule has 15 heavy (non-hydrogen) atoms. The van der Waals surface area contributed by atoms with Gasteiger partial charge in [0.15, 0.2) is 0 Å². The summed E-state index contributed by atoms with van der Waals surface area (Å²) < 4.78 is 0. The van der Waals surface area contributed by atoms with Crippen LogP contribution >= 0.6 is 11.3 Å². The number of anilines is 1. The van der Waals surface area contributed by atoms with Crippen LogP contribution in [-0.2, 0) is 6.42 Å². The Morgan fingerprint density at radius 1 is 1.27 bits per heavy atom. The van der Waals surface area contributed by atoms with Crippen LogP contribution in [-0.4, -0.2) is 6.54 Å². The second-order valence-corrected chi connectivity index (χ2v) is 5.06. The van der Waals surface area contributed by atoms with Crippen LogP contribution in [0.5, 0.6) is 0 Å². The lowest BCUT2D eigenvalue weighted by Gasteiger charge is -2.04. The summed E-state index contributed by atoms with van der Waals surface area (Å²) in [7, 11) is 0. The van der Waals surface area contributed by atoms with Crippen molar-refractivity contribution in [3.05, 3.63) is 40.1 Å². The smallest absolute Gasteiger partial charge is 0.0379 e. The lowest BCUT2D eigenvalue weighted by Crippen LogP contribution is -1.90. The molecule has 1 nitrogen and oxygen atoms in total. The van der Waals surface area contributed by atoms with Gasteiger partial charge >= 0.3 is 0 Å². The van der Waals surface area contributed by atoms with E-state index in [0.29, 0.717) is 0 Å². The molecule has 0 aliphatic carbocycles. The summed E-state index contributed by atoms with van der Waals surface area (Å²) in [4.78, 5) is 1.40. The SMILES string of the molecule is Cc1sccc1-c1ccc2c(c1)NCC2. The Bertz CT molecular complexity index is 499. The van der Waals surface area contributed by atoms with Crippen LogP contribution in [0.1, 0.15) is 10.4 Å². The maximum Gasteiger partial charge on any atom is 0.0379 e. The minimum Gasteiger partial charge on any atom is -0.384 e. The van der Waals surface area contributed by atoms with Gasteiger partial charge in [0.1, 0.15) is 0 Å². The number of fused-ring (bicyclic) bond motifs is 1. The fraction of sp³-hybridized carbons (Fsp3) is 0.231. The van der Waals surface area contributed by atoms with Gasteiger partial charge in [-0.05, 0) is 47.5 Å². The molecule has 0 atom stereocenters. The zero-order valence-corrected chi connectivity index (χ0v) is 9.53. The van der Waals surface area contributed by atoms with Crippen molar-refractivity contribution >= 4 is 17.0 Å². The fourth-order valence-corrected chi connectivity index (χ4v) is 2.86. The molecular weight excluding hydrogens is 202 g/mol. The van der Waals surface area contributed by atoms with Crippen LogP contribution in [0.15, 0.2) is 29.6 Å². The Morgan fingerprint density at radius 2 is 2.20 bits per heavy atom. The molecule has 76 valence electrons. The van der Waals surface area contributed by atoms with Gasteiger partial charge in [-0.1, -0.05) is 12.1 Å². The van der Waals surface area contributed by atoms with E-state index in [4.69, 9.17) is 0 Å².